The summed E-state index contributed by atoms with van der Waals surface area (Å²) in [5.41, 5.74) is 1.07. The normalized spacial score (nSPS) is 20.9. The Hall–Kier alpha value is -0.810. The number of anilines is 1. The van der Waals surface area contributed by atoms with Crippen molar-refractivity contribution < 1.29 is 0 Å². The van der Waals surface area contributed by atoms with Crippen molar-refractivity contribution in [1.82, 2.24) is 14.9 Å². The van der Waals surface area contributed by atoms with Gasteiger partial charge in [-0.05, 0) is 6.42 Å². The number of hydrogen-bond donors (Lipinski definition) is 1. The van der Waals surface area contributed by atoms with Crippen molar-refractivity contribution in [3.8, 4) is 0 Å². The maximum Gasteiger partial charge on any atom is 0.144 e. The first-order valence-corrected chi connectivity index (χ1v) is 7.71. The molecule has 2 heterocycles. The maximum atomic E-state index is 4.48. The number of nitrogens with zero attached hydrogens (tertiary/aromatic N) is 3. The van der Waals surface area contributed by atoms with Crippen LogP contribution in [0.4, 0.5) is 5.82 Å². The van der Waals surface area contributed by atoms with E-state index >= 15 is 0 Å². The molecular weight excluding hydrogens is 244 g/mol. The Bertz CT molecular complexity index is 355. The molecule has 100 valence electrons. The molecule has 1 atom stereocenters. The zero-order valence-corrected chi connectivity index (χ0v) is 12.0. The lowest BCUT2D eigenvalue weighted by Gasteiger charge is -2.29. The molecule has 0 radical (unpaired) electrons. The van der Waals surface area contributed by atoms with E-state index in [1.165, 1.54) is 5.75 Å². The van der Waals surface area contributed by atoms with Crippen molar-refractivity contribution in [2.24, 2.45) is 0 Å². The van der Waals surface area contributed by atoms with Gasteiger partial charge in [-0.1, -0.05) is 13.8 Å². The highest BCUT2D eigenvalue weighted by Gasteiger charge is 2.17. The number of rotatable bonds is 5. The molecule has 1 aromatic heterocycles. The fourth-order valence-corrected chi connectivity index (χ4v) is 3.13. The molecule has 1 unspecified atom stereocenters. The van der Waals surface area contributed by atoms with Gasteiger partial charge in [0.15, 0.2) is 0 Å². The van der Waals surface area contributed by atoms with E-state index in [2.05, 4.69) is 45.8 Å². The number of thioether (sulfide) groups is 1. The summed E-state index contributed by atoms with van der Waals surface area (Å²) >= 11 is 2.06. The lowest BCUT2D eigenvalue weighted by atomic mass is 10.3. The summed E-state index contributed by atoms with van der Waals surface area (Å²) in [4.78, 5) is 11.3. The van der Waals surface area contributed by atoms with Gasteiger partial charge in [-0.25, -0.2) is 4.98 Å². The molecule has 1 saturated heterocycles. The van der Waals surface area contributed by atoms with Crippen molar-refractivity contribution in [2.75, 3.05) is 30.7 Å². The Morgan fingerprint density at radius 2 is 2.33 bits per heavy atom. The van der Waals surface area contributed by atoms with Crippen LogP contribution in [0.1, 0.15) is 26.0 Å². The van der Waals surface area contributed by atoms with Crippen LogP contribution in [0.3, 0.4) is 0 Å². The molecule has 1 fully saturated rings. The Kier molecular flexibility index (Phi) is 5.26. The Balaban J connectivity index is 1.85. The molecule has 18 heavy (non-hydrogen) atoms. The zero-order valence-electron chi connectivity index (χ0n) is 11.2. The third kappa shape index (κ3) is 4.14. The summed E-state index contributed by atoms with van der Waals surface area (Å²) < 4.78 is 0. The van der Waals surface area contributed by atoms with Crippen LogP contribution in [-0.4, -0.2) is 45.5 Å². The Morgan fingerprint density at radius 1 is 1.44 bits per heavy atom. The van der Waals surface area contributed by atoms with Crippen LogP contribution >= 0.6 is 11.8 Å². The van der Waals surface area contributed by atoms with Gasteiger partial charge < -0.3 is 5.32 Å². The van der Waals surface area contributed by atoms with Crippen molar-refractivity contribution in [1.29, 1.82) is 0 Å². The van der Waals surface area contributed by atoms with Crippen LogP contribution in [0, 0.1) is 0 Å². The molecule has 0 amide bonds. The predicted octanol–water partition coefficient (Wildman–Crippen LogP) is 2.24. The Morgan fingerprint density at radius 3 is 3.00 bits per heavy atom. The van der Waals surface area contributed by atoms with Crippen LogP contribution < -0.4 is 5.32 Å². The molecular formula is C13H22N4S. The Labute approximate surface area is 114 Å². The molecule has 0 bridgehead atoms. The SMILES string of the molecule is CCCNc1cnc(CN2CCSC(C)C2)cn1. The van der Waals surface area contributed by atoms with Crippen molar-refractivity contribution >= 4 is 17.6 Å². The molecule has 1 aromatic rings. The van der Waals surface area contributed by atoms with Gasteiger partial charge in [0.2, 0.25) is 0 Å². The van der Waals surface area contributed by atoms with E-state index in [9.17, 15) is 0 Å². The highest BCUT2D eigenvalue weighted by atomic mass is 32.2. The monoisotopic (exact) mass is 266 g/mol. The summed E-state index contributed by atoms with van der Waals surface area (Å²) in [5, 5.41) is 3.98. The second-order valence-corrected chi connectivity index (χ2v) is 6.28. The first-order valence-electron chi connectivity index (χ1n) is 6.66. The molecule has 1 N–H and O–H groups in total. The molecule has 0 saturated carbocycles. The van der Waals surface area contributed by atoms with Crippen LogP contribution in [-0.2, 0) is 6.54 Å². The van der Waals surface area contributed by atoms with Gasteiger partial charge in [0.1, 0.15) is 5.82 Å². The van der Waals surface area contributed by atoms with E-state index in [1.807, 2.05) is 12.4 Å². The summed E-state index contributed by atoms with van der Waals surface area (Å²) in [5.74, 6) is 2.10. The van der Waals surface area contributed by atoms with Gasteiger partial charge in [-0.2, -0.15) is 11.8 Å². The van der Waals surface area contributed by atoms with Gasteiger partial charge >= 0.3 is 0 Å². The van der Waals surface area contributed by atoms with Crippen LogP contribution in [0.25, 0.3) is 0 Å². The maximum absolute atomic E-state index is 4.48. The quantitative estimate of drug-likeness (QED) is 0.885. The summed E-state index contributed by atoms with van der Waals surface area (Å²) in [6, 6.07) is 0. The van der Waals surface area contributed by atoms with Gasteiger partial charge in [0, 0.05) is 37.2 Å². The van der Waals surface area contributed by atoms with Crippen molar-refractivity contribution in [3.05, 3.63) is 18.1 Å². The molecule has 2 rings (SSSR count). The minimum absolute atomic E-state index is 0.734. The highest BCUT2D eigenvalue weighted by Crippen LogP contribution is 2.18. The van der Waals surface area contributed by atoms with Crippen LogP contribution in [0.5, 0.6) is 0 Å². The molecule has 1 aliphatic rings. The first-order chi connectivity index (χ1) is 8.78. The van der Waals surface area contributed by atoms with Gasteiger partial charge in [-0.3, -0.25) is 9.88 Å². The molecule has 5 heteroatoms. The second-order valence-electron chi connectivity index (χ2n) is 4.74. The van der Waals surface area contributed by atoms with Gasteiger partial charge in [-0.15, -0.1) is 0 Å². The van der Waals surface area contributed by atoms with Crippen molar-refractivity contribution in [2.45, 2.75) is 32.1 Å². The molecule has 0 aliphatic carbocycles. The third-order valence-corrected chi connectivity index (χ3v) is 4.11. The lowest BCUT2D eigenvalue weighted by molar-refractivity contribution is 0.275. The minimum Gasteiger partial charge on any atom is -0.369 e. The van der Waals surface area contributed by atoms with E-state index in [0.717, 1.165) is 49.4 Å². The fraction of sp³-hybridized carbons (Fsp3) is 0.692. The van der Waals surface area contributed by atoms with Gasteiger partial charge in [0.05, 0.1) is 18.1 Å². The van der Waals surface area contributed by atoms with E-state index in [4.69, 9.17) is 0 Å². The molecule has 1 aliphatic heterocycles. The fourth-order valence-electron chi connectivity index (χ4n) is 2.04. The van der Waals surface area contributed by atoms with E-state index in [-0.39, 0.29) is 0 Å². The molecule has 0 spiro atoms. The van der Waals surface area contributed by atoms with Crippen LogP contribution in [0.15, 0.2) is 12.4 Å². The second kappa shape index (κ2) is 6.95. The first kappa shape index (κ1) is 13.6. The minimum atomic E-state index is 0.734. The van der Waals surface area contributed by atoms with Gasteiger partial charge in [0.25, 0.3) is 0 Å². The largest absolute Gasteiger partial charge is 0.369 e. The predicted molar refractivity (Wildman–Crippen MR) is 78.0 cm³/mol. The number of aromatic nitrogens is 2. The van der Waals surface area contributed by atoms with E-state index in [1.54, 1.807) is 0 Å². The molecule has 4 nitrogen and oxygen atoms in total. The van der Waals surface area contributed by atoms with Crippen LogP contribution in [0.2, 0.25) is 0 Å². The third-order valence-electron chi connectivity index (χ3n) is 2.97. The average Bonchev–Trinajstić information content (AvgIpc) is 2.38. The lowest BCUT2D eigenvalue weighted by Crippen LogP contribution is -2.36. The smallest absolute Gasteiger partial charge is 0.144 e. The summed E-state index contributed by atoms with van der Waals surface area (Å²) in [6.07, 6.45) is 4.84. The zero-order chi connectivity index (χ0) is 12.8. The highest BCUT2D eigenvalue weighted by molar-refractivity contribution is 7.99. The summed E-state index contributed by atoms with van der Waals surface area (Å²) in [7, 11) is 0. The standard InChI is InChI=1S/C13H22N4S/c1-3-4-14-13-8-15-12(7-16-13)10-17-5-6-18-11(2)9-17/h7-8,11H,3-6,9-10H2,1-2H3,(H,14,16). The van der Waals surface area contributed by atoms with Crippen molar-refractivity contribution in [3.63, 3.8) is 0 Å². The number of hydrogen-bond acceptors (Lipinski definition) is 5. The van der Waals surface area contributed by atoms with E-state index < -0.39 is 0 Å². The average molecular weight is 266 g/mol. The summed E-state index contributed by atoms with van der Waals surface area (Å²) in [6.45, 7) is 8.63. The van der Waals surface area contributed by atoms with E-state index in [0.29, 0.717) is 0 Å². The topological polar surface area (TPSA) is 41.1 Å². The number of nitrogens with one attached hydrogen (secondary N) is 1. The molecule has 0 aromatic carbocycles.